The molecule has 0 saturated carbocycles. The third kappa shape index (κ3) is 8.12. The Morgan fingerprint density at radius 3 is 2.41 bits per heavy atom. The molecule has 0 aliphatic heterocycles. The number of nitrogens with zero attached hydrogens (tertiary/aromatic N) is 2. The van der Waals surface area contributed by atoms with E-state index in [2.05, 4.69) is 11.4 Å². The first-order valence-electron chi connectivity index (χ1n) is 9.43. The fraction of sp³-hybridized carbons (Fsp3) is 0.571. The molecule has 0 aromatic heterocycles. The second-order valence-corrected chi connectivity index (χ2v) is 7.39. The van der Waals surface area contributed by atoms with Gasteiger partial charge in [0.15, 0.2) is 0 Å². The molecule has 0 spiro atoms. The lowest BCUT2D eigenvalue weighted by atomic mass is 9.97. The molecule has 0 fully saturated rings. The van der Waals surface area contributed by atoms with Crippen LogP contribution in [0.1, 0.15) is 45.7 Å². The van der Waals surface area contributed by atoms with E-state index in [0.29, 0.717) is 32.5 Å². The summed E-state index contributed by atoms with van der Waals surface area (Å²) in [5.74, 6) is -0.806. The number of ether oxygens (including phenoxy) is 1. The second kappa shape index (κ2) is 10.6. The molecule has 6 heteroatoms. The van der Waals surface area contributed by atoms with Crippen molar-refractivity contribution in [3.8, 4) is 6.07 Å². The summed E-state index contributed by atoms with van der Waals surface area (Å²) in [4.78, 5) is 25.8. The van der Waals surface area contributed by atoms with Gasteiger partial charge in [0.2, 0.25) is 5.91 Å². The standard InChI is InChI=1S/C21H31N3O3/c1-6-24(7-2)19(25)18(15-22)14-17-10-8-9-16(13-17)11-12-23-20(26)27-21(3,4)5/h8-10,13,18H,6-7,11-12,14H2,1-5H3,(H,23,26). The quantitative estimate of drug-likeness (QED) is 0.758. The molecule has 148 valence electrons. The van der Waals surface area contributed by atoms with Crippen LogP contribution in [-0.2, 0) is 22.4 Å². The van der Waals surface area contributed by atoms with E-state index in [1.54, 1.807) is 4.90 Å². The number of amides is 2. The summed E-state index contributed by atoms with van der Waals surface area (Å²) in [5.41, 5.74) is 1.46. The van der Waals surface area contributed by atoms with Crippen molar-refractivity contribution in [2.45, 2.75) is 53.1 Å². The fourth-order valence-electron chi connectivity index (χ4n) is 2.71. The van der Waals surface area contributed by atoms with Gasteiger partial charge in [-0.2, -0.15) is 5.26 Å². The largest absolute Gasteiger partial charge is 0.444 e. The maximum atomic E-state index is 12.4. The number of hydrogen-bond donors (Lipinski definition) is 1. The summed E-state index contributed by atoms with van der Waals surface area (Å²) in [6, 6.07) is 9.92. The van der Waals surface area contributed by atoms with E-state index in [0.717, 1.165) is 11.1 Å². The summed E-state index contributed by atoms with van der Waals surface area (Å²) in [5, 5.41) is 12.1. The Kier molecular flexibility index (Phi) is 8.80. The fourth-order valence-corrected chi connectivity index (χ4v) is 2.71. The Morgan fingerprint density at radius 2 is 1.85 bits per heavy atom. The summed E-state index contributed by atoms with van der Waals surface area (Å²) < 4.78 is 5.21. The topological polar surface area (TPSA) is 82.4 Å². The molecule has 1 rings (SSSR count). The number of carbonyl (C=O) groups excluding carboxylic acids is 2. The van der Waals surface area contributed by atoms with Crippen molar-refractivity contribution in [1.82, 2.24) is 10.2 Å². The van der Waals surface area contributed by atoms with E-state index in [9.17, 15) is 14.9 Å². The highest BCUT2D eigenvalue weighted by molar-refractivity contribution is 5.81. The highest BCUT2D eigenvalue weighted by Gasteiger charge is 2.22. The van der Waals surface area contributed by atoms with Gasteiger partial charge in [0, 0.05) is 19.6 Å². The minimum atomic E-state index is -0.681. The van der Waals surface area contributed by atoms with Crippen LogP contribution in [0.3, 0.4) is 0 Å². The van der Waals surface area contributed by atoms with Gasteiger partial charge < -0.3 is 15.0 Å². The van der Waals surface area contributed by atoms with E-state index in [1.807, 2.05) is 58.9 Å². The van der Waals surface area contributed by atoms with Crippen molar-refractivity contribution in [2.24, 2.45) is 5.92 Å². The van der Waals surface area contributed by atoms with Gasteiger partial charge in [-0.3, -0.25) is 4.79 Å². The van der Waals surface area contributed by atoms with E-state index in [1.165, 1.54) is 0 Å². The average Bonchev–Trinajstić information content (AvgIpc) is 2.59. The number of alkyl carbamates (subject to hydrolysis) is 1. The highest BCUT2D eigenvalue weighted by Crippen LogP contribution is 2.14. The van der Waals surface area contributed by atoms with Crippen molar-refractivity contribution >= 4 is 12.0 Å². The van der Waals surface area contributed by atoms with E-state index >= 15 is 0 Å². The number of hydrogen-bond acceptors (Lipinski definition) is 4. The molecule has 0 radical (unpaired) electrons. The Balaban J connectivity index is 2.64. The normalized spacial score (nSPS) is 12.0. The van der Waals surface area contributed by atoms with Gasteiger partial charge in [-0.1, -0.05) is 24.3 Å². The zero-order valence-corrected chi connectivity index (χ0v) is 17.0. The van der Waals surface area contributed by atoms with Crippen LogP contribution in [0.25, 0.3) is 0 Å². The zero-order valence-electron chi connectivity index (χ0n) is 17.0. The molecule has 1 unspecified atom stereocenters. The van der Waals surface area contributed by atoms with Crippen LogP contribution < -0.4 is 5.32 Å². The Labute approximate surface area is 162 Å². The second-order valence-electron chi connectivity index (χ2n) is 7.39. The summed E-state index contributed by atoms with van der Waals surface area (Å²) >= 11 is 0. The molecule has 1 aromatic carbocycles. The van der Waals surface area contributed by atoms with Gasteiger partial charge in [0.05, 0.1) is 6.07 Å². The molecule has 0 aliphatic rings. The molecule has 27 heavy (non-hydrogen) atoms. The first-order valence-corrected chi connectivity index (χ1v) is 9.43. The van der Waals surface area contributed by atoms with Crippen LogP contribution in [0.15, 0.2) is 24.3 Å². The minimum absolute atomic E-state index is 0.125. The summed E-state index contributed by atoms with van der Waals surface area (Å²) in [7, 11) is 0. The van der Waals surface area contributed by atoms with Crippen LogP contribution in [0.5, 0.6) is 0 Å². The number of benzene rings is 1. The van der Waals surface area contributed by atoms with Crippen molar-refractivity contribution in [1.29, 1.82) is 5.26 Å². The summed E-state index contributed by atoms with van der Waals surface area (Å²) in [6.07, 6.45) is 0.598. The van der Waals surface area contributed by atoms with Crippen LogP contribution in [0, 0.1) is 17.2 Å². The molecular formula is C21H31N3O3. The molecule has 1 atom stereocenters. The van der Waals surface area contributed by atoms with Crippen molar-refractivity contribution in [3.05, 3.63) is 35.4 Å². The molecule has 0 heterocycles. The molecule has 0 saturated heterocycles. The molecule has 0 aliphatic carbocycles. The van der Waals surface area contributed by atoms with E-state index < -0.39 is 17.6 Å². The van der Waals surface area contributed by atoms with Crippen molar-refractivity contribution in [3.63, 3.8) is 0 Å². The molecule has 0 bridgehead atoms. The molecular weight excluding hydrogens is 342 g/mol. The Hall–Kier alpha value is -2.55. The van der Waals surface area contributed by atoms with Gasteiger partial charge >= 0.3 is 6.09 Å². The lowest BCUT2D eigenvalue weighted by Crippen LogP contribution is -2.36. The highest BCUT2D eigenvalue weighted by atomic mass is 16.6. The van der Waals surface area contributed by atoms with Crippen LogP contribution in [0.4, 0.5) is 4.79 Å². The molecule has 1 N–H and O–H groups in total. The zero-order chi connectivity index (χ0) is 20.4. The van der Waals surface area contributed by atoms with Gasteiger partial charge in [0.25, 0.3) is 0 Å². The predicted molar refractivity (Wildman–Crippen MR) is 105 cm³/mol. The number of rotatable bonds is 8. The smallest absolute Gasteiger partial charge is 0.407 e. The lowest BCUT2D eigenvalue weighted by molar-refractivity contribution is -0.133. The van der Waals surface area contributed by atoms with Crippen LogP contribution in [-0.4, -0.2) is 42.1 Å². The lowest BCUT2D eigenvalue weighted by Gasteiger charge is -2.21. The summed E-state index contributed by atoms with van der Waals surface area (Å²) in [6.45, 7) is 10.9. The van der Waals surface area contributed by atoms with Gasteiger partial charge in [-0.05, 0) is 58.6 Å². The first-order chi connectivity index (χ1) is 12.7. The average molecular weight is 373 g/mol. The van der Waals surface area contributed by atoms with Gasteiger partial charge in [0.1, 0.15) is 11.5 Å². The Morgan fingerprint density at radius 1 is 1.22 bits per heavy atom. The monoisotopic (exact) mass is 373 g/mol. The molecule has 1 aromatic rings. The SMILES string of the molecule is CCN(CC)C(=O)C(C#N)Cc1cccc(CCNC(=O)OC(C)(C)C)c1. The van der Waals surface area contributed by atoms with E-state index in [4.69, 9.17) is 4.74 Å². The number of nitrogens with one attached hydrogen (secondary N) is 1. The first kappa shape index (κ1) is 22.5. The number of nitriles is 1. The third-order valence-corrected chi connectivity index (χ3v) is 4.04. The van der Waals surface area contributed by atoms with Crippen LogP contribution >= 0.6 is 0 Å². The van der Waals surface area contributed by atoms with Crippen LogP contribution in [0.2, 0.25) is 0 Å². The predicted octanol–water partition coefficient (Wildman–Crippen LogP) is 3.30. The van der Waals surface area contributed by atoms with Gasteiger partial charge in [-0.25, -0.2) is 4.79 Å². The van der Waals surface area contributed by atoms with Crippen molar-refractivity contribution in [2.75, 3.05) is 19.6 Å². The van der Waals surface area contributed by atoms with Crippen molar-refractivity contribution < 1.29 is 14.3 Å². The minimum Gasteiger partial charge on any atom is -0.444 e. The molecule has 2 amide bonds. The third-order valence-electron chi connectivity index (χ3n) is 4.04. The van der Waals surface area contributed by atoms with E-state index in [-0.39, 0.29) is 5.91 Å². The number of carbonyl (C=O) groups is 2. The molecule has 6 nitrogen and oxygen atoms in total. The maximum absolute atomic E-state index is 12.4. The maximum Gasteiger partial charge on any atom is 0.407 e. The Bertz CT molecular complexity index is 670. The van der Waals surface area contributed by atoms with Gasteiger partial charge in [-0.15, -0.1) is 0 Å².